The highest BCUT2D eigenvalue weighted by molar-refractivity contribution is 5.76. The Morgan fingerprint density at radius 3 is 2.40 bits per heavy atom. The van der Waals surface area contributed by atoms with Crippen LogP contribution in [0.5, 0.6) is 5.75 Å². The van der Waals surface area contributed by atoms with Crippen molar-refractivity contribution in [1.82, 2.24) is 0 Å². The van der Waals surface area contributed by atoms with Gasteiger partial charge in [-0.1, -0.05) is 55.5 Å². The lowest BCUT2D eigenvalue weighted by Crippen LogP contribution is -2.19. The molecule has 1 unspecified atom stereocenters. The molecule has 0 amide bonds. The first-order chi connectivity index (χ1) is 9.72. The number of carboxylic acids is 1. The Kier molecular flexibility index (Phi) is 4.77. The summed E-state index contributed by atoms with van der Waals surface area (Å²) in [6.07, 6.45) is 0.860. The summed E-state index contributed by atoms with van der Waals surface area (Å²) in [5.41, 5.74) is 1.85. The molecular weight excluding hydrogens is 252 g/mol. The van der Waals surface area contributed by atoms with Gasteiger partial charge in [-0.05, 0) is 23.6 Å². The molecule has 0 spiro atoms. The van der Waals surface area contributed by atoms with Crippen molar-refractivity contribution in [3.05, 3.63) is 65.7 Å². The van der Waals surface area contributed by atoms with Gasteiger partial charge in [-0.2, -0.15) is 0 Å². The second kappa shape index (κ2) is 6.75. The molecule has 3 nitrogen and oxygen atoms in total. The molecule has 2 rings (SSSR count). The quantitative estimate of drug-likeness (QED) is 0.874. The lowest BCUT2D eigenvalue weighted by Gasteiger charge is -2.15. The van der Waals surface area contributed by atoms with Crippen LogP contribution in [0.4, 0.5) is 0 Å². The van der Waals surface area contributed by atoms with E-state index in [-0.39, 0.29) is 6.61 Å². The molecule has 104 valence electrons. The Morgan fingerprint density at radius 2 is 1.75 bits per heavy atom. The third-order valence-electron chi connectivity index (χ3n) is 3.26. The number of carbonyl (C=O) groups is 1. The Bertz CT molecular complexity index is 563. The molecule has 1 atom stereocenters. The second-order valence-corrected chi connectivity index (χ2v) is 4.57. The van der Waals surface area contributed by atoms with Crippen molar-refractivity contribution in [3.63, 3.8) is 0 Å². The number of hydrogen-bond donors (Lipinski definition) is 1. The predicted molar refractivity (Wildman–Crippen MR) is 78.1 cm³/mol. The lowest BCUT2D eigenvalue weighted by atomic mass is 10.0. The lowest BCUT2D eigenvalue weighted by molar-refractivity contribution is -0.139. The van der Waals surface area contributed by atoms with Gasteiger partial charge in [-0.25, -0.2) is 0 Å². The summed E-state index contributed by atoms with van der Waals surface area (Å²) < 4.78 is 5.73. The van der Waals surface area contributed by atoms with Gasteiger partial charge < -0.3 is 9.84 Å². The molecule has 3 heteroatoms. The zero-order chi connectivity index (χ0) is 14.4. The van der Waals surface area contributed by atoms with Crippen LogP contribution < -0.4 is 4.74 Å². The molecule has 0 heterocycles. The molecule has 0 aliphatic carbocycles. The highest BCUT2D eigenvalue weighted by Gasteiger charge is 2.20. The summed E-state index contributed by atoms with van der Waals surface area (Å²) in [7, 11) is 0. The van der Waals surface area contributed by atoms with E-state index >= 15 is 0 Å². The average Bonchev–Trinajstić information content (AvgIpc) is 2.48. The summed E-state index contributed by atoms with van der Waals surface area (Å²) >= 11 is 0. The smallest absolute Gasteiger partial charge is 0.314 e. The van der Waals surface area contributed by atoms with Crippen molar-refractivity contribution < 1.29 is 14.6 Å². The van der Waals surface area contributed by atoms with Gasteiger partial charge in [0.15, 0.2) is 0 Å². The Morgan fingerprint density at radius 1 is 1.10 bits per heavy atom. The highest BCUT2D eigenvalue weighted by Crippen LogP contribution is 2.22. The van der Waals surface area contributed by atoms with Crippen LogP contribution in [-0.2, 0) is 11.2 Å². The van der Waals surface area contributed by atoms with E-state index < -0.39 is 11.9 Å². The Labute approximate surface area is 118 Å². The minimum absolute atomic E-state index is 0.135. The third-order valence-corrected chi connectivity index (χ3v) is 3.26. The average molecular weight is 270 g/mol. The molecule has 0 aliphatic rings. The van der Waals surface area contributed by atoms with Crippen molar-refractivity contribution >= 4 is 5.97 Å². The first kappa shape index (κ1) is 14.1. The van der Waals surface area contributed by atoms with Crippen molar-refractivity contribution in [2.45, 2.75) is 19.3 Å². The molecule has 0 aliphatic heterocycles. The van der Waals surface area contributed by atoms with Crippen LogP contribution in [0.1, 0.15) is 24.0 Å². The van der Waals surface area contributed by atoms with Crippen molar-refractivity contribution in [2.75, 3.05) is 6.61 Å². The van der Waals surface area contributed by atoms with Gasteiger partial charge in [-0.3, -0.25) is 4.79 Å². The summed E-state index contributed by atoms with van der Waals surface area (Å²) in [5.74, 6) is -0.761. The minimum Gasteiger partial charge on any atom is -0.492 e. The van der Waals surface area contributed by atoms with Crippen LogP contribution in [0.15, 0.2) is 54.6 Å². The molecule has 0 aromatic heterocycles. The maximum Gasteiger partial charge on any atom is 0.314 e. The predicted octanol–water partition coefficient (Wildman–Crippen LogP) is 3.50. The normalized spacial score (nSPS) is 11.8. The molecule has 2 aromatic rings. The molecular formula is C17H18O3. The number of hydrogen-bond acceptors (Lipinski definition) is 2. The summed E-state index contributed by atoms with van der Waals surface area (Å²) in [6.45, 7) is 2.18. The fourth-order valence-corrected chi connectivity index (χ4v) is 2.11. The molecule has 0 radical (unpaired) electrons. The fourth-order valence-electron chi connectivity index (χ4n) is 2.11. The van der Waals surface area contributed by atoms with Crippen molar-refractivity contribution in [2.24, 2.45) is 0 Å². The van der Waals surface area contributed by atoms with E-state index in [9.17, 15) is 9.90 Å². The van der Waals surface area contributed by atoms with Crippen molar-refractivity contribution in [3.8, 4) is 5.75 Å². The van der Waals surface area contributed by atoms with E-state index in [1.807, 2.05) is 61.5 Å². The van der Waals surface area contributed by atoms with E-state index in [4.69, 9.17) is 4.74 Å². The SMILES string of the molecule is CCc1ccccc1OCC(C(=O)O)c1ccccc1. The number of ether oxygens (including phenoxy) is 1. The standard InChI is InChI=1S/C17H18O3/c1-2-13-8-6-7-11-16(13)20-12-15(17(18)19)14-9-4-3-5-10-14/h3-11,15H,2,12H2,1H3,(H,18,19). The highest BCUT2D eigenvalue weighted by atomic mass is 16.5. The minimum atomic E-state index is -0.870. The van der Waals surface area contributed by atoms with Crippen LogP contribution in [0.3, 0.4) is 0 Å². The van der Waals surface area contributed by atoms with Gasteiger partial charge in [-0.15, -0.1) is 0 Å². The maximum absolute atomic E-state index is 11.4. The number of benzene rings is 2. The van der Waals surface area contributed by atoms with E-state index in [0.29, 0.717) is 0 Å². The fraction of sp³-hybridized carbons (Fsp3) is 0.235. The first-order valence-electron chi connectivity index (χ1n) is 6.70. The van der Waals surface area contributed by atoms with E-state index in [1.165, 1.54) is 0 Å². The van der Waals surface area contributed by atoms with Crippen LogP contribution in [-0.4, -0.2) is 17.7 Å². The molecule has 0 bridgehead atoms. The number of aliphatic carboxylic acids is 1. The first-order valence-corrected chi connectivity index (χ1v) is 6.70. The zero-order valence-electron chi connectivity index (χ0n) is 11.5. The van der Waals surface area contributed by atoms with Crippen molar-refractivity contribution in [1.29, 1.82) is 0 Å². The largest absolute Gasteiger partial charge is 0.492 e. The van der Waals surface area contributed by atoms with E-state index in [1.54, 1.807) is 0 Å². The molecule has 0 saturated carbocycles. The Balaban J connectivity index is 2.12. The number of carboxylic acid groups (broad SMARTS) is 1. The molecule has 0 saturated heterocycles. The van der Waals surface area contributed by atoms with Gasteiger partial charge in [0.25, 0.3) is 0 Å². The Hall–Kier alpha value is -2.29. The topological polar surface area (TPSA) is 46.5 Å². The third kappa shape index (κ3) is 3.38. The van der Waals surface area contributed by atoms with Gasteiger partial charge in [0.2, 0.25) is 0 Å². The van der Waals surface area contributed by atoms with Crippen LogP contribution in [0, 0.1) is 0 Å². The van der Waals surface area contributed by atoms with Crippen LogP contribution in [0.2, 0.25) is 0 Å². The number of rotatable bonds is 6. The summed E-state index contributed by atoms with van der Waals surface area (Å²) in [5, 5.41) is 9.35. The molecule has 0 fully saturated rings. The van der Waals surface area contributed by atoms with Gasteiger partial charge in [0, 0.05) is 0 Å². The summed E-state index contributed by atoms with van der Waals surface area (Å²) in [4.78, 5) is 11.4. The zero-order valence-corrected chi connectivity index (χ0v) is 11.5. The second-order valence-electron chi connectivity index (χ2n) is 4.57. The van der Waals surface area contributed by atoms with Crippen LogP contribution >= 0.6 is 0 Å². The van der Waals surface area contributed by atoms with Gasteiger partial charge >= 0.3 is 5.97 Å². The van der Waals surface area contributed by atoms with Gasteiger partial charge in [0.1, 0.15) is 18.3 Å². The van der Waals surface area contributed by atoms with Crippen LogP contribution in [0.25, 0.3) is 0 Å². The molecule has 1 N–H and O–H groups in total. The molecule has 20 heavy (non-hydrogen) atoms. The monoisotopic (exact) mass is 270 g/mol. The summed E-state index contributed by atoms with van der Waals surface area (Å²) in [6, 6.07) is 16.9. The van der Waals surface area contributed by atoms with Gasteiger partial charge in [0.05, 0.1) is 0 Å². The maximum atomic E-state index is 11.4. The van der Waals surface area contributed by atoms with E-state index in [2.05, 4.69) is 0 Å². The number of aryl methyl sites for hydroxylation is 1. The molecule has 2 aromatic carbocycles. The number of para-hydroxylation sites is 1. The van der Waals surface area contributed by atoms with E-state index in [0.717, 1.165) is 23.3 Å².